The van der Waals surface area contributed by atoms with Crippen molar-refractivity contribution in [1.29, 1.82) is 0 Å². The van der Waals surface area contributed by atoms with E-state index in [0.717, 1.165) is 0 Å². The lowest BCUT2D eigenvalue weighted by Crippen LogP contribution is -2.09. The minimum Gasteiger partial charge on any atom is -0.294 e. The van der Waals surface area contributed by atoms with Crippen molar-refractivity contribution >= 4 is 33.3 Å². The molecule has 0 saturated carbocycles. The van der Waals surface area contributed by atoms with Crippen LogP contribution >= 0.6 is 27.5 Å². The lowest BCUT2D eigenvalue weighted by molar-refractivity contribution is 0.0987. The highest BCUT2D eigenvalue weighted by Crippen LogP contribution is 2.25. The quantitative estimate of drug-likeness (QED) is 0.730. The molecule has 0 unspecified atom stereocenters. The first-order chi connectivity index (χ1) is 9.00. The molecule has 5 heteroatoms. The van der Waals surface area contributed by atoms with Crippen molar-refractivity contribution in [1.82, 2.24) is 0 Å². The zero-order valence-corrected chi connectivity index (χ0v) is 11.9. The maximum atomic E-state index is 13.6. The average molecular weight is 346 g/mol. The fraction of sp³-hybridized carbons (Fsp3) is 0.0714. The van der Waals surface area contributed by atoms with Crippen molar-refractivity contribution in [2.24, 2.45) is 0 Å². The number of carbonyl (C=O) groups excluding carboxylic acids is 1. The van der Waals surface area contributed by atoms with E-state index in [1.807, 2.05) is 0 Å². The second-order valence-corrected chi connectivity index (χ2v) is 5.16. The van der Waals surface area contributed by atoms with Gasteiger partial charge in [-0.15, -0.1) is 0 Å². The first-order valence-corrected chi connectivity index (χ1v) is 6.58. The zero-order valence-electron chi connectivity index (χ0n) is 9.59. The summed E-state index contributed by atoms with van der Waals surface area (Å²) in [5, 5.41) is 0.154. The molecule has 0 spiro atoms. The van der Waals surface area contributed by atoms with Gasteiger partial charge in [-0.1, -0.05) is 23.7 Å². The first kappa shape index (κ1) is 14.2. The van der Waals surface area contributed by atoms with E-state index in [2.05, 4.69) is 15.9 Å². The van der Waals surface area contributed by atoms with E-state index >= 15 is 0 Å². The Bertz CT molecular complexity index is 603. The van der Waals surface area contributed by atoms with Crippen LogP contribution in [0, 0.1) is 11.6 Å². The highest BCUT2D eigenvalue weighted by atomic mass is 79.9. The van der Waals surface area contributed by atoms with Gasteiger partial charge in [0, 0.05) is 21.5 Å². The van der Waals surface area contributed by atoms with Gasteiger partial charge in [-0.2, -0.15) is 0 Å². The van der Waals surface area contributed by atoms with Gasteiger partial charge in [0.1, 0.15) is 11.6 Å². The Morgan fingerprint density at radius 3 is 2.37 bits per heavy atom. The van der Waals surface area contributed by atoms with Crippen LogP contribution in [0.1, 0.15) is 15.9 Å². The second kappa shape index (κ2) is 5.80. The number of benzene rings is 2. The normalized spacial score (nSPS) is 10.5. The Morgan fingerprint density at radius 2 is 1.74 bits per heavy atom. The number of hydrogen-bond donors (Lipinski definition) is 0. The summed E-state index contributed by atoms with van der Waals surface area (Å²) in [6.45, 7) is 0. The number of Topliss-reactive ketones (excluding diaryl/α,β-unsaturated/α-hetero) is 1. The Hall–Kier alpha value is -1.26. The van der Waals surface area contributed by atoms with Crippen molar-refractivity contribution in [3.63, 3.8) is 0 Å². The molecule has 19 heavy (non-hydrogen) atoms. The third kappa shape index (κ3) is 3.01. The van der Waals surface area contributed by atoms with Crippen LogP contribution in [0.5, 0.6) is 0 Å². The Kier molecular flexibility index (Phi) is 4.32. The molecule has 0 atom stereocenters. The molecule has 1 nitrogen and oxygen atoms in total. The molecule has 0 aliphatic carbocycles. The van der Waals surface area contributed by atoms with Gasteiger partial charge in [-0.05, 0) is 40.2 Å². The fourth-order valence-corrected chi connectivity index (χ4v) is 2.51. The van der Waals surface area contributed by atoms with Crippen LogP contribution in [-0.2, 0) is 6.42 Å². The number of ketones is 1. The summed E-state index contributed by atoms with van der Waals surface area (Å²) in [6, 6.07) is 8.37. The van der Waals surface area contributed by atoms with E-state index in [1.165, 1.54) is 30.3 Å². The van der Waals surface area contributed by atoms with Crippen molar-refractivity contribution in [2.45, 2.75) is 6.42 Å². The van der Waals surface area contributed by atoms with Gasteiger partial charge in [0.2, 0.25) is 0 Å². The van der Waals surface area contributed by atoms with E-state index in [9.17, 15) is 13.6 Å². The number of halogens is 4. The Balaban J connectivity index is 2.37. The molecule has 0 bridgehead atoms. The van der Waals surface area contributed by atoms with E-state index in [1.54, 1.807) is 6.07 Å². The van der Waals surface area contributed by atoms with Crippen LogP contribution in [0.15, 0.2) is 40.9 Å². The average Bonchev–Trinajstić information content (AvgIpc) is 2.34. The van der Waals surface area contributed by atoms with Gasteiger partial charge >= 0.3 is 0 Å². The maximum absolute atomic E-state index is 13.6. The van der Waals surface area contributed by atoms with Gasteiger partial charge in [0.05, 0.1) is 5.56 Å². The molecule has 0 radical (unpaired) electrons. The minimum absolute atomic E-state index is 0.0734. The van der Waals surface area contributed by atoms with Crippen molar-refractivity contribution in [3.8, 4) is 0 Å². The lowest BCUT2D eigenvalue weighted by atomic mass is 10.0. The third-order valence-corrected chi connectivity index (χ3v) is 3.66. The molecule has 0 aliphatic rings. The largest absolute Gasteiger partial charge is 0.294 e. The number of carbonyl (C=O) groups is 1. The fourth-order valence-electron chi connectivity index (χ4n) is 1.71. The second-order valence-electron chi connectivity index (χ2n) is 3.90. The van der Waals surface area contributed by atoms with Crippen molar-refractivity contribution in [2.75, 3.05) is 0 Å². The number of rotatable bonds is 3. The molecular weight excluding hydrogens is 338 g/mol. The minimum atomic E-state index is -0.646. The predicted molar refractivity (Wildman–Crippen MR) is 73.5 cm³/mol. The van der Waals surface area contributed by atoms with Gasteiger partial charge in [0.15, 0.2) is 5.78 Å². The van der Waals surface area contributed by atoms with E-state index in [4.69, 9.17) is 11.6 Å². The predicted octanol–water partition coefficient (Wildman–Crippen LogP) is 4.81. The summed E-state index contributed by atoms with van der Waals surface area (Å²) < 4.78 is 27.6. The summed E-state index contributed by atoms with van der Waals surface area (Å²) in [4.78, 5) is 12.1. The molecule has 0 saturated heterocycles. The highest BCUT2D eigenvalue weighted by molar-refractivity contribution is 9.10. The van der Waals surface area contributed by atoms with Gasteiger partial charge in [0.25, 0.3) is 0 Å². The molecule has 0 aliphatic heterocycles. The summed E-state index contributed by atoms with van der Waals surface area (Å²) in [5.41, 5.74) is -0.0221. The standard InChI is InChI=1S/C14H8BrClF2O/c15-9-3-1-6-12(18)14(9)13(19)7-8-10(16)4-2-5-11(8)17/h1-6H,7H2. The highest BCUT2D eigenvalue weighted by Gasteiger charge is 2.18. The molecular formula is C14H8BrClF2O. The molecule has 0 fully saturated rings. The van der Waals surface area contributed by atoms with Crippen molar-refractivity contribution < 1.29 is 13.6 Å². The lowest BCUT2D eigenvalue weighted by Gasteiger charge is -2.07. The Labute approximate surface area is 122 Å². The SMILES string of the molecule is O=C(Cc1c(F)cccc1Cl)c1c(F)cccc1Br. The molecule has 0 N–H and O–H groups in total. The molecule has 0 amide bonds. The van der Waals surface area contributed by atoms with E-state index < -0.39 is 17.4 Å². The van der Waals surface area contributed by atoms with Gasteiger partial charge in [-0.25, -0.2) is 8.78 Å². The third-order valence-electron chi connectivity index (χ3n) is 2.64. The summed E-state index contributed by atoms with van der Waals surface area (Å²) >= 11 is 8.95. The topological polar surface area (TPSA) is 17.1 Å². The van der Waals surface area contributed by atoms with Crippen LogP contribution in [0.3, 0.4) is 0 Å². The van der Waals surface area contributed by atoms with Crippen LogP contribution in [-0.4, -0.2) is 5.78 Å². The van der Waals surface area contributed by atoms with Crippen molar-refractivity contribution in [3.05, 3.63) is 68.7 Å². The first-order valence-electron chi connectivity index (χ1n) is 5.41. The number of hydrogen-bond acceptors (Lipinski definition) is 1. The molecule has 2 rings (SSSR count). The molecule has 2 aromatic carbocycles. The maximum Gasteiger partial charge on any atom is 0.171 e. The van der Waals surface area contributed by atoms with E-state index in [0.29, 0.717) is 4.47 Å². The monoisotopic (exact) mass is 344 g/mol. The summed E-state index contributed by atoms with van der Waals surface area (Å²) in [7, 11) is 0. The smallest absolute Gasteiger partial charge is 0.171 e. The van der Waals surface area contributed by atoms with Crippen LogP contribution in [0.25, 0.3) is 0 Å². The molecule has 0 aromatic heterocycles. The molecule has 2 aromatic rings. The molecule has 0 heterocycles. The van der Waals surface area contributed by atoms with Gasteiger partial charge in [-0.3, -0.25) is 4.79 Å². The van der Waals surface area contributed by atoms with Gasteiger partial charge < -0.3 is 0 Å². The summed E-state index contributed by atoms with van der Waals surface area (Å²) in [5.74, 6) is -1.75. The van der Waals surface area contributed by atoms with E-state index in [-0.39, 0.29) is 22.6 Å². The zero-order chi connectivity index (χ0) is 14.0. The van der Waals surface area contributed by atoms with Crippen LogP contribution in [0.2, 0.25) is 5.02 Å². The van der Waals surface area contributed by atoms with Crippen LogP contribution < -0.4 is 0 Å². The summed E-state index contributed by atoms with van der Waals surface area (Å²) in [6.07, 6.45) is -0.287. The molecule has 98 valence electrons. The van der Waals surface area contributed by atoms with Crippen LogP contribution in [0.4, 0.5) is 8.78 Å². The Morgan fingerprint density at radius 1 is 1.11 bits per heavy atom.